The van der Waals surface area contributed by atoms with Crippen LogP contribution < -0.4 is 5.32 Å². The molecule has 0 saturated heterocycles. The lowest BCUT2D eigenvalue weighted by Gasteiger charge is -2.21. The van der Waals surface area contributed by atoms with Gasteiger partial charge in [-0.2, -0.15) is 0 Å². The van der Waals surface area contributed by atoms with Gasteiger partial charge in [0, 0.05) is 32.5 Å². The van der Waals surface area contributed by atoms with Crippen LogP contribution in [0.4, 0.5) is 0 Å². The molecular formula is C11H20N2O. The van der Waals surface area contributed by atoms with E-state index in [9.17, 15) is 5.11 Å². The summed E-state index contributed by atoms with van der Waals surface area (Å²) in [4.78, 5) is 0. The Morgan fingerprint density at radius 1 is 1.57 bits per heavy atom. The molecule has 3 heteroatoms. The molecule has 1 rings (SSSR count). The molecular weight excluding hydrogens is 176 g/mol. The molecule has 0 amide bonds. The van der Waals surface area contributed by atoms with Gasteiger partial charge in [-0.1, -0.05) is 6.92 Å². The van der Waals surface area contributed by atoms with Gasteiger partial charge in [-0.15, -0.1) is 0 Å². The van der Waals surface area contributed by atoms with Gasteiger partial charge < -0.3 is 15.0 Å². The highest BCUT2D eigenvalue weighted by Crippen LogP contribution is 2.06. The molecule has 0 radical (unpaired) electrons. The molecule has 14 heavy (non-hydrogen) atoms. The van der Waals surface area contributed by atoms with E-state index in [0.29, 0.717) is 6.54 Å². The maximum atomic E-state index is 9.74. The summed E-state index contributed by atoms with van der Waals surface area (Å²) in [6.45, 7) is 5.30. The van der Waals surface area contributed by atoms with Gasteiger partial charge in [0.1, 0.15) is 0 Å². The van der Waals surface area contributed by atoms with Crippen LogP contribution >= 0.6 is 0 Å². The average molecular weight is 196 g/mol. The van der Waals surface area contributed by atoms with E-state index in [-0.39, 0.29) is 0 Å². The van der Waals surface area contributed by atoms with Crippen molar-refractivity contribution in [2.45, 2.75) is 32.4 Å². The summed E-state index contributed by atoms with van der Waals surface area (Å²) in [6.07, 6.45) is 4.87. The topological polar surface area (TPSA) is 37.2 Å². The monoisotopic (exact) mass is 196 g/mol. The van der Waals surface area contributed by atoms with Gasteiger partial charge in [-0.05, 0) is 25.0 Å². The molecule has 0 saturated carbocycles. The Balaban J connectivity index is 2.28. The van der Waals surface area contributed by atoms with Crippen LogP contribution in [0.5, 0.6) is 0 Å². The number of hydrogen-bond donors (Lipinski definition) is 2. The number of aliphatic hydroxyl groups is 1. The lowest BCUT2D eigenvalue weighted by atomic mass is 10.0. The number of nitrogens with one attached hydrogen (secondary N) is 1. The normalized spacial score (nSPS) is 15.4. The predicted molar refractivity (Wildman–Crippen MR) is 58.0 cm³/mol. The van der Waals surface area contributed by atoms with Crippen LogP contribution in [-0.4, -0.2) is 21.8 Å². The van der Waals surface area contributed by atoms with Gasteiger partial charge in [-0.25, -0.2) is 0 Å². The van der Waals surface area contributed by atoms with Crippen molar-refractivity contribution in [3.63, 3.8) is 0 Å². The second kappa shape index (κ2) is 4.62. The number of aryl methyl sites for hydroxylation is 1. The Morgan fingerprint density at radius 3 is 2.79 bits per heavy atom. The molecule has 1 aromatic rings. The van der Waals surface area contributed by atoms with Crippen LogP contribution in [0.25, 0.3) is 0 Å². The van der Waals surface area contributed by atoms with Gasteiger partial charge in [0.2, 0.25) is 0 Å². The minimum atomic E-state index is -0.589. The summed E-state index contributed by atoms with van der Waals surface area (Å²) in [5, 5.41) is 13.0. The molecule has 1 heterocycles. The summed E-state index contributed by atoms with van der Waals surface area (Å²) >= 11 is 0. The van der Waals surface area contributed by atoms with E-state index in [2.05, 4.69) is 17.6 Å². The minimum Gasteiger partial charge on any atom is -0.389 e. The van der Waals surface area contributed by atoms with E-state index in [1.54, 1.807) is 0 Å². The first-order chi connectivity index (χ1) is 6.53. The summed E-state index contributed by atoms with van der Waals surface area (Å²) in [6, 6.07) is 2.08. The molecule has 2 N–H and O–H groups in total. The van der Waals surface area contributed by atoms with Gasteiger partial charge in [0.05, 0.1) is 5.60 Å². The summed E-state index contributed by atoms with van der Waals surface area (Å²) in [7, 11) is 2.01. The van der Waals surface area contributed by atoms with Crippen LogP contribution in [0.1, 0.15) is 25.8 Å². The quantitative estimate of drug-likeness (QED) is 0.744. The smallest absolute Gasteiger partial charge is 0.0741 e. The number of rotatable bonds is 5. The first kappa shape index (κ1) is 11.3. The highest BCUT2D eigenvalue weighted by Gasteiger charge is 2.16. The molecule has 0 aliphatic carbocycles. The first-order valence-electron chi connectivity index (χ1n) is 5.07. The molecule has 0 aliphatic rings. The molecule has 0 fully saturated rings. The van der Waals surface area contributed by atoms with Crippen molar-refractivity contribution in [1.82, 2.24) is 9.88 Å². The molecule has 0 aliphatic heterocycles. The molecule has 3 nitrogen and oxygen atoms in total. The molecule has 1 atom stereocenters. The highest BCUT2D eigenvalue weighted by molar-refractivity contribution is 5.09. The van der Waals surface area contributed by atoms with Crippen molar-refractivity contribution < 1.29 is 5.11 Å². The zero-order valence-electron chi connectivity index (χ0n) is 9.25. The van der Waals surface area contributed by atoms with Crippen molar-refractivity contribution in [3.05, 3.63) is 24.0 Å². The van der Waals surface area contributed by atoms with Gasteiger partial charge in [0.25, 0.3) is 0 Å². The van der Waals surface area contributed by atoms with E-state index >= 15 is 0 Å². The third-order valence-electron chi connectivity index (χ3n) is 2.49. The van der Waals surface area contributed by atoms with Crippen molar-refractivity contribution in [2.24, 2.45) is 7.05 Å². The van der Waals surface area contributed by atoms with Crippen LogP contribution in [-0.2, 0) is 13.6 Å². The van der Waals surface area contributed by atoms with Gasteiger partial charge in [-0.3, -0.25) is 0 Å². The summed E-state index contributed by atoms with van der Waals surface area (Å²) in [5.74, 6) is 0. The van der Waals surface area contributed by atoms with E-state index in [1.165, 1.54) is 5.56 Å². The Kier molecular flexibility index (Phi) is 3.72. The number of hydrogen-bond acceptors (Lipinski definition) is 2. The number of nitrogens with zero attached hydrogens (tertiary/aromatic N) is 1. The number of aromatic nitrogens is 1. The second-order valence-electron chi connectivity index (χ2n) is 4.14. The fourth-order valence-electron chi connectivity index (χ4n) is 1.27. The van der Waals surface area contributed by atoms with Crippen LogP contribution in [0, 0.1) is 0 Å². The van der Waals surface area contributed by atoms with Crippen molar-refractivity contribution >= 4 is 0 Å². The van der Waals surface area contributed by atoms with Crippen LogP contribution in [0.15, 0.2) is 18.5 Å². The highest BCUT2D eigenvalue weighted by atomic mass is 16.3. The SMILES string of the molecule is CCC(C)(O)CNCc1ccn(C)c1. The average Bonchev–Trinajstić information content (AvgIpc) is 2.51. The zero-order valence-corrected chi connectivity index (χ0v) is 9.25. The molecule has 0 aromatic carbocycles. The maximum Gasteiger partial charge on any atom is 0.0741 e. The molecule has 0 spiro atoms. The van der Waals surface area contributed by atoms with Crippen LogP contribution in [0.2, 0.25) is 0 Å². The first-order valence-corrected chi connectivity index (χ1v) is 5.07. The fraction of sp³-hybridized carbons (Fsp3) is 0.636. The van der Waals surface area contributed by atoms with E-state index in [4.69, 9.17) is 0 Å². The van der Waals surface area contributed by atoms with E-state index in [1.807, 2.05) is 31.7 Å². The third kappa shape index (κ3) is 3.52. The standard InChI is InChI=1S/C11H20N2O/c1-4-11(2,14)9-12-7-10-5-6-13(3)8-10/h5-6,8,12,14H,4,7,9H2,1-3H3. The van der Waals surface area contributed by atoms with E-state index in [0.717, 1.165) is 13.0 Å². The Labute approximate surface area is 85.7 Å². The molecule has 0 bridgehead atoms. The molecule has 1 aromatic heterocycles. The second-order valence-corrected chi connectivity index (χ2v) is 4.14. The summed E-state index contributed by atoms with van der Waals surface area (Å²) < 4.78 is 2.02. The molecule has 80 valence electrons. The van der Waals surface area contributed by atoms with Crippen molar-refractivity contribution in [1.29, 1.82) is 0 Å². The third-order valence-corrected chi connectivity index (χ3v) is 2.49. The molecule has 1 unspecified atom stereocenters. The lowest BCUT2D eigenvalue weighted by Crippen LogP contribution is -2.36. The van der Waals surface area contributed by atoms with Gasteiger partial charge >= 0.3 is 0 Å². The summed E-state index contributed by atoms with van der Waals surface area (Å²) in [5.41, 5.74) is 0.661. The minimum absolute atomic E-state index is 0.589. The zero-order chi connectivity index (χ0) is 10.6. The fourth-order valence-corrected chi connectivity index (χ4v) is 1.27. The van der Waals surface area contributed by atoms with Crippen LogP contribution in [0.3, 0.4) is 0 Å². The van der Waals surface area contributed by atoms with Crippen molar-refractivity contribution in [2.75, 3.05) is 6.54 Å². The van der Waals surface area contributed by atoms with Gasteiger partial charge in [0.15, 0.2) is 0 Å². The largest absolute Gasteiger partial charge is 0.389 e. The Morgan fingerprint density at radius 2 is 2.29 bits per heavy atom. The predicted octanol–water partition coefficient (Wildman–Crippen LogP) is 1.28. The maximum absolute atomic E-state index is 9.74. The lowest BCUT2D eigenvalue weighted by molar-refractivity contribution is 0.0555. The van der Waals surface area contributed by atoms with E-state index < -0.39 is 5.60 Å². The van der Waals surface area contributed by atoms with Crippen molar-refractivity contribution in [3.8, 4) is 0 Å². The Hall–Kier alpha value is -0.800. The Bertz CT molecular complexity index is 279.